The molecule has 5 heteroatoms. The molecular formula is C19H27N3O2. The summed E-state index contributed by atoms with van der Waals surface area (Å²) in [5, 5.41) is 0. The molecule has 2 fully saturated rings. The van der Waals surface area contributed by atoms with Gasteiger partial charge < -0.3 is 14.7 Å². The van der Waals surface area contributed by atoms with Gasteiger partial charge in [-0.25, -0.2) is 0 Å². The summed E-state index contributed by atoms with van der Waals surface area (Å²) in [5.41, 5.74) is 2.50. The molecular weight excluding hydrogens is 302 g/mol. The van der Waals surface area contributed by atoms with E-state index in [9.17, 15) is 9.59 Å². The maximum atomic E-state index is 12.7. The summed E-state index contributed by atoms with van der Waals surface area (Å²) in [6.07, 6.45) is 1.33. The standard InChI is InChI=1S/C19H27N3O2/c1-3-18(23)22-8-7-16(14-22)19(24)21-11-9-20(10-12-21)17-6-4-5-15(2)13-17/h4-6,13,16H,3,7-12,14H2,1-2H3. The number of benzene rings is 1. The molecule has 2 aliphatic heterocycles. The number of hydrogen-bond donors (Lipinski definition) is 0. The Labute approximate surface area is 144 Å². The van der Waals surface area contributed by atoms with Gasteiger partial charge in [0.25, 0.3) is 0 Å². The van der Waals surface area contributed by atoms with E-state index >= 15 is 0 Å². The van der Waals surface area contributed by atoms with E-state index in [1.807, 2.05) is 16.7 Å². The van der Waals surface area contributed by atoms with Crippen LogP contribution in [0, 0.1) is 12.8 Å². The average Bonchev–Trinajstić information content (AvgIpc) is 3.10. The van der Waals surface area contributed by atoms with E-state index in [-0.39, 0.29) is 17.7 Å². The zero-order valence-electron chi connectivity index (χ0n) is 14.7. The number of likely N-dealkylation sites (tertiary alicyclic amines) is 1. The Hall–Kier alpha value is -2.04. The van der Waals surface area contributed by atoms with E-state index in [2.05, 4.69) is 36.1 Å². The van der Waals surface area contributed by atoms with Crippen LogP contribution >= 0.6 is 0 Å². The van der Waals surface area contributed by atoms with Crippen molar-refractivity contribution in [3.63, 3.8) is 0 Å². The van der Waals surface area contributed by atoms with E-state index < -0.39 is 0 Å². The Morgan fingerprint density at radius 2 is 1.83 bits per heavy atom. The number of amides is 2. The predicted octanol–water partition coefficient (Wildman–Crippen LogP) is 1.90. The molecule has 0 spiro atoms. The minimum absolute atomic E-state index is 0.00832. The van der Waals surface area contributed by atoms with Crippen LogP contribution in [0.25, 0.3) is 0 Å². The molecule has 2 saturated heterocycles. The third kappa shape index (κ3) is 3.55. The molecule has 130 valence electrons. The highest BCUT2D eigenvalue weighted by Crippen LogP contribution is 2.22. The fraction of sp³-hybridized carbons (Fsp3) is 0.579. The second kappa shape index (κ2) is 7.24. The lowest BCUT2D eigenvalue weighted by Gasteiger charge is -2.37. The SMILES string of the molecule is CCC(=O)N1CCC(C(=O)N2CCN(c3cccc(C)c3)CC2)C1. The molecule has 0 radical (unpaired) electrons. The highest BCUT2D eigenvalue weighted by Gasteiger charge is 2.34. The predicted molar refractivity (Wildman–Crippen MR) is 95.0 cm³/mol. The van der Waals surface area contributed by atoms with E-state index in [0.29, 0.717) is 13.0 Å². The molecule has 1 aromatic rings. The van der Waals surface area contributed by atoms with Crippen molar-refractivity contribution in [2.24, 2.45) is 5.92 Å². The van der Waals surface area contributed by atoms with Crippen molar-refractivity contribution in [1.29, 1.82) is 0 Å². The van der Waals surface area contributed by atoms with E-state index in [0.717, 1.165) is 39.1 Å². The highest BCUT2D eigenvalue weighted by atomic mass is 16.2. The zero-order chi connectivity index (χ0) is 17.1. The molecule has 0 aromatic heterocycles. The number of carbonyl (C=O) groups is 2. The Morgan fingerprint density at radius 1 is 1.08 bits per heavy atom. The lowest BCUT2D eigenvalue weighted by atomic mass is 10.1. The molecule has 2 aliphatic rings. The fourth-order valence-electron chi connectivity index (χ4n) is 3.68. The number of anilines is 1. The van der Waals surface area contributed by atoms with Gasteiger partial charge in [-0.1, -0.05) is 19.1 Å². The second-order valence-electron chi connectivity index (χ2n) is 6.83. The van der Waals surface area contributed by atoms with Crippen molar-refractivity contribution in [3.8, 4) is 0 Å². The van der Waals surface area contributed by atoms with Crippen molar-refractivity contribution in [3.05, 3.63) is 29.8 Å². The van der Waals surface area contributed by atoms with Crippen LogP contribution in [0.4, 0.5) is 5.69 Å². The average molecular weight is 329 g/mol. The van der Waals surface area contributed by atoms with Gasteiger partial charge >= 0.3 is 0 Å². The van der Waals surface area contributed by atoms with E-state index in [1.165, 1.54) is 11.3 Å². The van der Waals surface area contributed by atoms with Crippen LogP contribution in [0.3, 0.4) is 0 Å². The molecule has 5 nitrogen and oxygen atoms in total. The van der Waals surface area contributed by atoms with Crippen molar-refractivity contribution in [2.45, 2.75) is 26.7 Å². The summed E-state index contributed by atoms with van der Waals surface area (Å²) < 4.78 is 0. The van der Waals surface area contributed by atoms with Gasteiger partial charge in [0, 0.05) is 51.4 Å². The van der Waals surface area contributed by atoms with Crippen LogP contribution in [-0.4, -0.2) is 60.9 Å². The molecule has 2 heterocycles. The maximum Gasteiger partial charge on any atom is 0.227 e. The van der Waals surface area contributed by atoms with Crippen molar-refractivity contribution < 1.29 is 9.59 Å². The Bertz CT molecular complexity index is 608. The van der Waals surface area contributed by atoms with Gasteiger partial charge in [-0.3, -0.25) is 9.59 Å². The first-order valence-corrected chi connectivity index (χ1v) is 8.96. The summed E-state index contributed by atoms with van der Waals surface area (Å²) in [4.78, 5) is 30.7. The lowest BCUT2D eigenvalue weighted by molar-refractivity contribution is -0.136. The van der Waals surface area contributed by atoms with Crippen LogP contribution in [0.2, 0.25) is 0 Å². The molecule has 0 N–H and O–H groups in total. The quantitative estimate of drug-likeness (QED) is 0.851. The second-order valence-corrected chi connectivity index (χ2v) is 6.83. The van der Waals surface area contributed by atoms with E-state index in [1.54, 1.807) is 0 Å². The molecule has 0 aliphatic carbocycles. The number of carbonyl (C=O) groups excluding carboxylic acids is 2. The van der Waals surface area contributed by atoms with Crippen LogP contribution < -0.4 is 4.90 Å². The molecule has 1 aromatic carbocycles. The molecule has 0 bridgehead atoms. The third-order valence-electron chi connectivity index (χ3n) is 5.15. The smallest absolute Gasteiger partial charge is 0.227 e. The molecule has 1 atom stereocenters. The van der Waals surface area contributed by atoms with Crippen molar-refractivity contribution in [1.82, 2.24) is 9.80 Å². The van der Waals surface area contributed by atoms with Crippen molar-refractivity contribution in [2.75, 3.05) is 44.2 Å². The number of rotatable bonds is 3. The summed E-state index contributed by atoms with van der Waals surface area (Å²) in [7, 11) is 0. The zero-order valence-corrected chi connectivity index (χ0v) is 14.7. The minimum Gasteiger partial charge on any atom is -0.368 e. The molecule has 2 amide bonds. The van der Waals surface area contributed by atoms with Crippen molar-refractivity contribution >= 4 is 17.5 Å². The number of hydrogen-bond acceptors (Lipinski definition) is 3. The van der Waals surface area contributed by atoms with Gasteiger partial charge in [-0.05, 0) is 31.0 Å². The normalized spacial score (nSPS) is 21.2. The first kappa shape index (κ1) is 16.8. The summed E-state index contributed by atoms with van der Waals surface area (Å²) in [6, 6.07) is 8.52. The minimum atomic E-state index is -0.00832. The summed E-state index contributed by atoms with van der Waals surface area (Å²) >= 11 is 0. The first-order valence-electron chi connectivity index (χ1n) is 8.96. The summed E-state index contributed by atoms with van der Waals surface area (Å²) in [5.74, 6) is 0.380. The number of piperazine rings is 1. The van der Waals surface area contributed by atoms with Gasteiger partial charge in [0.2, 0.25) is 11.8 Å². The van der Waals surface area contributed by atoms with Crippen LogP contribution in [0.15, 0.2) is 24.3 Å². The highest BCUT2D eigenvalue weighted by molar-refractivity contribution is 5.82. The topological polar surface area (TPSA) is 43.9 Å². The third-order valence-corrected chi connectivity index (χ3v) is 5.15. The monoisotopic (exact) mass is 329 g/mol. The molecule has 24 heavy (non-hydrogen) atoms. The van der Waals surface area contributed by atoms with Gasteiger partial charge in [-0.2, -0.15) is 0 Å². The van der Waals surface area contributed by atoms with Gasteiger partial charge in [0.05, 0.1) is 5.92 Å². The molecule has 3 rings (SSSR count). The van der Waals surface area contributed by atoms with Crippen LogP contribution in [0.1, 0.15) is 25.3 Å². The molecule has 0 saturated carbocycles. The van der Waals surface area contributed by atoms with Gasteiger partial charge in [-0.15, -0.1) is 0 Å². The van der Waals surface area contributed by atoms with Gasteiger partial charge in [0.1, 0.15) is 0 Å². The largest absolute Gasteiger partial charge is 0.368 e. The number of nitrogens with zero attached hydrogens (tertiary/aromatic N) is 3. The lowest BCUT2D eigenvalue weighted by Crippen LogP contribution is -2.50. The Morgan fingerprint density at radius 3 is 2.50 bits per heavy atom. The number of aryl methyl sites for hydroxylation is 1. The Balaban J connectivity index is 1.53. The van der Waals surface area contributed by atoms with Crippen LogP contribution in [-0.2, 0) is 9.59 Å². The fourth-order valence-corrected chi connectivity index (χ4v) is 3.68. The van der Waals surface area contributed by atoms with Gasteiger partial charge in [0.15, 0.2) is 0 Å². The molecule has 1 unspecified atom stereocenters. The first-order chi connectivity index (χ1) is 11.6. The summed E-state index contributed by atoms with van der Waals surface area (Å²) in [6.45, 7) is 8.60. The maximum absolute atomic E-state index is 12.7. The van der Waals surface area contributed by atoms with E-state index in [4.69, 9.17) is 0 Å². The van der Waals surface area contributed by atoms with Crippen LogP contribution in [0.5, 0.6) is 0 Å². The Kier molecular flexibility index (Phi) is 5.07.